The molecule has 1 N–H and O–H groups in total. The van der Waals surface area contributed by atoms with Crippen LogP contribution in [0.2, 0.25) is 0 Å². The van der Waals surface area contributed by atoms with Crippen molar-refractivity contribution in [1.82, 2.24) is 9.88 Å². The van der Waals surface area contributed by atoms with Crippen LogP contribution < -0.4 is 4.74 Å². The highest BCUT2D eigenvalue weighted by molar-refractivity contribution is 6.14. The maximum Gasteiger partial charge on any atom is 0.290 e. The molecule has 184 valence electrons. The molecular formula is C30H30N2O4. The number of aromatic nitrogens is 1. The molecule has 6 nitrogen and oxygen atoms in total. The van der Waals surface area contributed by atoms with E-state index in [-0.39, 0.29) is 12.1 Å². The summed E-state index contributed by atoms with van der Waals surface area (Å²) in [5.74, 6) is -0.872. The molecule has 3 aromatic rings. The number of carbonyl (C=O) groups is 2. The molecule has 1 aromatic heterocycles. The normalized spacial score (nSPS) is 15.6. The zero-order valence-electron chi connectivity index (χ0n) is 20.3. The SMILES string of the molecule is CCCCCOc1cccc(C2C(C(=O)C=Cc3ccccc3)=C(O)C(=O)N2Cc2cccnc2)c1. The number of carbonyl (C=O) groups excluding carboxylic acids is 2. The van der Waals surface area contributed by atoms with E-state index < -0.39 is 23.5 Å². The van der Waals surface area contributed by atoms with E-state index in [0.717, 1.165) is 30.4 Å². The minimum atomic E-state index is -0.759. The fourth-order valence-electron chi connectivity index (χ4n) is 4.25. The van der Waals surface area contributed by atoms with E-state index in [1.54, 1.807) is 24.5 Å². The Morgan fingerprint density at radius 1 is 1.08 bits per heavy atom. The van der Waals surface area contributed by atoms with Crippen LogP contribution in [0.25, 0.3) is 6.08 Å². The van der Waals surface area contributed by atoms with Crippen molar-refractivity contribution in [2.75, 3.05) is 6.61 Å². The lowest BCUT2D eigenvalue weighted by Crippen LogP contribution is -2.30. The largest absolute Gasteiger partial charge is 0.503 e. The zero-order chi connectivity index (χ0) is 25.3. The molecule has 0 radical (unpaired) electrons. The summed E-state index contributed by atoms with van der Waals surface area (Å²) in [6.45, 7) is 2.92. The van der Waals surface area contributed by atoms with Crippen LogP contribution in [0.4, 0.5) is 0 Å². The summed E-state index contributed by atoms with van der Waals surface area (Å²) in [6, 6.07) is 19.7. The van der Waals surface area contributed by atoms with E-state index in [2.05, 4.69) is 11.9 Å². The lowest BCUT2D eigenvalue weighted by molar-refractivity contribution is -0.130. The van der Waals surface area contributed by atoms with Crippen LogP contribution in [-0.2, 0) is 16.1 Å². The average molecular weight is 483 g/mol. The third kappa shape index (κ3) is 5.89. The van der Waals surface area contributed by atoms with Crippen LogP contribution in [0.1, 0.15) is 48.9 Å². The van der Waals surface area contributed by atoms with Gasteiger partial charge in [0.2, 0.25) is 0 Å². The molecule has 0 bridgehead atoms. The summed E-state index contributed by atoms with van der Waals surface area (Å²) < 4.78 is 5.93. The van der Waals surface area contributed by atoms with Crippen molar-refractivity contribution in [3.8, 4) is 5.75 Å². The van der Waals surface area contributed by atoms with Crippen LogP contribution in [0.3, 0.4) is 0 Å². The summed E-state index contributed by atoms with van der Waals surface area (Å²) >= 11 is 0. The maximum absolute atomic E-state index is 13.4. The number of hydrogen-bond donors (Lipinski definition) is 1. The van der Waals surface area contributed by atoms with Gasteiger partial charge in [0, 0.05) is 18.9 Å². The number of hydrogen-bond acceptors (Lipinski definition) is 5. The second-order valence-corrected chi connectivity index (χ2v) is 8.70. The summed E-state index contributed by atoms with van der Waals surface area (Å²) in [7, 11) is 0. The van der Waals surface area contributed by atoms with Crippen molar-refractivity contribution in [3.05, 3.63) is 113 Å². The Balaban J connectivity index is 1.67. The molecule has 1 atom stereocenters. The predicted molar refractivity (Wildman–Crippen MR) is 139 cm³/mol. The van der Waals surface area contributed by atoms with Crippen LogP contribution in [0, 0.1) is 0 Å². The second-order valence-electron chi connectivity index (χ2n) is 8.70. The van der Waals surface area contributed by atoms with Gasteiger partial charge in [0.1, 0.15) is 5.75 Å². The van der Waals surface area contributed by atoms with Gasteiger partial charge in [0.15, 0.2) is 11.5 Å². The first-order chi connectivity index (χ1) is 17.6. The highest BCUT2D eigenvalue weighted by Crippen LogP contribution is 2.40. The third-order valence-corrected chi connectivity index (χ3v) is 6.06. The van der Waals surface area contributed by atoms with E-state index in [0.29, 0.717) is 17.9 Å². The van der Waals surface area contributed by atoms with Gasteiger partial charge in [-0.1, -0.05) is 74.4 Å². The standard InChI is InChI=1S/C30H30N2O4/c1-2-3-7-18-36-25-14-8-13-24(19-25)28-27(26(33)16-15-22-10-5-4-6-11-22)29(34)30(35)32(28)21-23-12-9-17-31-20-23/h4-6,8-17,19-20,28,34H,2-3,7,18,21H2,1H3. The molecule has 36 heavy (non-hydrogen) atoms. The number of rotatable bonds is 11. The van der Waals surface area contributed by atoms with Gasteiger partial charge in [-0.25, -0.2) is 0 Å². The Hall–Kier alpha value is -4.19. The quantitative estimate of drug-likeness (QED) is 0.275. The van der Waals surface area contributed by atoms with Crippen molar-refractivity contribution < 1.29 is 19.4 Å². The highest BCUT2D eigenvalue weighted by Gasteiger charge is 2.43. The first kappa shape index (κ1) is 24.9. The number of ketones is 1. The smallest absolute Gasteiger partial charge is 0.290 e. The highest BCUT2D eigenvalue weighted by atomic mass is 16.5. The molecule has 1 aliphatic rings. The zero-order valence-corrected chi connectivity index (χ0v) is 20.3. The number of unbranched alkanes of at least 4 members (excludes halogenated alkanes) is 2. The minimum absolute atomic E-state index is 0.0548. The maximum atomic E-state index is 13.4. The Morgan fingerprint density at radius 3 is 2.67 bits per heavy atom. The van der Waals surface area contributed by atoms with Crippen LogP contribution in [0.15, 0.2) is 96.5 Å². The van der Waals surface area contributed by atoms with Crippen molar-refractivity contribution in [2.45, 2.75) is 38.8 Å². The van der Waals surface area contributed by atoms with Crippen LogP contribution in [0.5, 0.6) is 5.75 Å². The molecule has 2 aromatic carbocycles. The Bertz CT molecular complexity index is 1250. The van der Waals surface area contributed by atoms with Crippen molar-refractivity contribution in [2.24, 2.45) is 0 Å². The van der Waals surface area contributed by atoms with Crippen molar-refractivity contribution >= 4 is 17.8 Å². The van der Waals surface area contributed by atoms with Crippen LogP contribution >= 0.6 is 0 Å². The number of benzene rings is 2. The molecule has 0 saturated heterocycles. The fraction of sp³-hybridized carbons (Fsp3) is 0.233. The summed E-state index contributed by atoms with van der Waals surface area (Å²) in [5.41, 5.74) is 2.39. The molecule has 1 amide bonds. The number of ether oxygens (including phenoxy) is 1. The molecule has 0 aliphatic carbocycles. The van der Waals surface area contributed by atoms with Gasteiger partial charge in [0.05, 0.1) is 18.2 Å². The van der Waals surface area contributed by atoms with Gasteiger partial charge in [-0.2, -0.15) is 0 Å². The molecule has 0 fully saturated rings. The predicted octanol–water partition coefficient (Wildman–Crippen LogP) is 5.83. The third-order valence-electron chi connectivity index (χ3n) is 6.06. The number of amides is 1. The molecule has 6 heteroatoms. The average Bonchev–Trinajstić information content (AvgIpc) is 3.16. The molecule has 1 aliphatic heterocycles. The lowest BCUT2D eigenvalue weighted by Gasteiger charge is -2.27. The Kier molecular flexibility index (Phi) is 8.29. The number of nitrogens with zero attached hydrogens (tertiary/aromatic N) is 2. The monoisotopic (exact) mass is 482 g/mol. The van der Waals surface area contributed by atoms with Gasteiger partial charge in [-0.05, 0) is 47.4 Å². The van der Waals surface area contributed by atoms with Crippen LogP contribution in [-0.4, -0.2) is 33.3 Å². The first-order valence-electron chi connectivity index (χ1n) is 12.2. The molecule has 1 unspecified atom stereocenters. The topological polar surface area (TPSA) is 79.7 Å². The van der Waals surface area contributed by atoms with Gasteiger partial charge in [0.25, 0.3) is 5.91 Å². The number of aliphatic hydroxyl groups is 1. The Morgan fingerprint density at radius 2 is 1.92 bits per heavy atom. The summed E-state index contributed by atoms with van der Waals surface area (Å²) in [5, 5.41) is 10.9. The van der Waals surface area contributed by atoms with E-state index in [9.17, 15) is 14.7 Å². The van der Waals surface area contributed by atoms with E-state index in [4.69, 9.17) is 4.74 Å². The van der Waals surface area contributed by atoms with E-state index in [1.165, 1.54) is 11.0 Å². The van der Waals surface area contributed by atoms with Gasteiger partial charge in [-0.15, -0.1) is 0 Å². The second kappa shape index (κ2) is 12.0. The van der Waals surface area contributed by atoms with Crippen molar-refractivity contribution in [1.29, 1.82) is 0 Å². The fourth-order valence-corrected chi connectivity index (χ4v) is 4.25. The van der Waals surface area contributed by atoms with Gasteiger partial charge in [-0.3, -0.25) is 14.6 Å². The van der Waals surface area contributed by atoms with Gasteiger partial charge < -0.3 is 14.7 Å². The number of aliphatic hydroxyl groups excluding tert-OH is 1. The van der Waals surface area contributed by atoms with E-state index >= 15 is 0 Å². The number of allylic oxidation sites excluding steroid dienone is 1. The van der Waals surface area contributed by atoms with Crippen molar-refractivity contribution in [3.63, 3.8) is 0 Å². The first-order valence-corrected chi connectivity index (χ1v) is 12.2. The lowest BCUT2D eigenvalue weighted by atomic mass is 9.95. The Labute approximate surface area is 211 Å². The molecule has 0 saturated carbocycles. The minimum Gasteiger partial charge on any atom is -0.503 e. The molecular weight excluding hydrogens is 452 g/mol. The molecule has 4 rings (SSSR count). The van der Waals surface area contributed by atoms with E-state index in [1.807, 2.05) is 60.7 Å². The number of pyridine rings is 1. The molecule has 0 spiro atoms. The molecule has 2 heterocycles. The van der Waals surface area contributed by atoms with Gasteiger partial charge >= 0.3 is 0 Å². The summed E-state index contributed by atoms with van der Waals surface area (Å²) in [6.07, 6.45) is 9.54. The summed E-state index contributed by atoms with van der Waals surface area (Å²) in [4.78, 5) is 32.2.